The number of carbonyl (C=O) groups is 1. The number of carbonyl (C=O) groups excluding carboxylic acids is 1. The molecule has 1 saturated carbocycles. The molecule has 1 amide bonds. The van der Waals surface area contributed by atoms with Crippen molar-refractivity contribution in [3.63, 3.8) is 0 Å². The number of amides is 1. The van der Waals surface area contributed by atoms with Gasteiger partial charge in [0.2, 0.25) is 5.91 Å². The van der Waals surface area contributed by atoms with Gasteiger partial charge in [-0.3, -0.25) is 4.79 Å². The molecule has 0 heterocycles. The van der Waals surface area contributed by atoms with Crippen LogP contribution in [0.1, 0.15) is 33.6 Å². The molecule has 94 valence electrons. The van der Waals surface area contributed by atoms with Gasteiger partial charge in [-0.2, -0.15) is 0 Å². The molecule has 16 heavy (non-hydrogen) atoms. The first kappa shape index (κ1) is 13.5. The molecule has 1 unspecified atom stereocenters. The molecule has 1 rings (SSSR count). The van der Waals surface area contributed by atoms with Crippen LogP contribution < -0.4 is 11.1 Å². The fourth-order valence-corrected chi connectivity index (χ4v) is 1.88. The summed E-state index contributed by atoms with van der Waals surface area (Å²) in [6.45, 7) is 9.04. The van der Waals surface area contributed by atoms with Crippen molar-refractivity contribution in [2.45, 2.75) is 45.7 Å². The summed E-state index contributed by atoms with van der Waals surface area (Å²) in [5.41, 5.74) is 5.41. The lowest BCUT2D eigenvalue weighted by atomic mass is 10.2. The van der Waals surface area contributed by atoms with Crippen molar-refractivity contribution in [3.05, 3.63) is 0 Å². The van der Waals surface area contributed by atoms with Crippen LogP contribution in [0.3, 0.4) is 0 Å². The molecule has 0 spiro atoms. The summed E-state index contributed by atoms with van der Waals surface area (Å²) in [6.07, 6.45) is 2.69. The average Bonchev–Trinajstić information content (AvgIpc) is 2.98. The highest BCUT2D eigenvalue weighted by molar-refractivity contribution is 5.80. The number of hydrogen-bond donors (Lipinski definition) is 2. The molecule has 0 radical (unpaired) electrons. The zero-order chi connectivity index (χ0) is 12.1. The molecule has 4 heteroatoms. The van der Waals surface area contributed by atoms with Gasteiger partial charge in [0.05, 0.1) is 6.04 Å². The van der Waals surface area contributed by atoms with Crippen LogP contribution in [0.4, 0.5) is 0 Å². The number of nitrogens with two attached hydrogens (primary N) is 1. The molecule has 3 N–H and O–H groups in total. The third-order valence-corrected chi connectivity index (χ3v) is 2.98. The molecule has 0 aromatic rings. The van der Waals surface area contributed by atoms with Crippen LogP contribution in [0.5, 0.6) is 0 Å². The molecule has 0 aromatic carbocycles. The van der Waals surface area contributed by atoms with Crippen LogP contribution in [0.2, 0.25) is 0 Å². The van der Waals surface area contributed by atoms with Gasteiger partial charge in [-0.15, -0.1) is 0 Å². The Balaban J connectivity index is 2.40. The van der Waals surface area contributed by atoms with E-state index in [0.717, 1.165) is 25.6 Å². The summed E-state index contributed by atoms with van der Waals surface area (Å²) in [5, 5.41) is 3.22. The maximum atomic E-state index is 11.3. The lowest BCUT2D eigenvalue weighted by molar-refractivity contribution is -0.120. The van der Waals surface area contributed by atoms with E-state index in [0.29, 0.717) is 0 Å². The molecule has 1 aliphatic carbocycles. The van der Waals surface area contributed by atoms with Crippen molar-refractivity contribution in [3.8, 4) is 0 Å². The Kier molecular flexibility index (Phi) is 5.22. The van der Waals surface area contributed by atoms with E-state index < -0.39 is 0 Å². The van der Waals surface area contributed by atoms with E-state index in [2.05, 4.69) is 17.1 Å². The van der Waals surface area contributed by atoms with Gasteiger partial charge in [0.15, 0.2) is 0 Å². The van der Waals surface area contributed by atoms with E-state index in [9.17, 15) is 4.79 Å². The summed E-state index contributed by atoms with van der Waals surface area (Å²) >= 11 is 0. The van der Waals surface area contributed by atoms with Crippen LogP contribution in [-0.2, 0) is 4.79 Å². The highest BCUT2D eigenvalue weighted by Crippen LogP contribution is 2.29. The fourth-order valence-electron chi connectivity index (χ4n) is 1.88. The summed E-state index contributed by atoms with van der Waals surface area (Å²) in [5.74, 6) is 0.607. The number of rotatable bonds is 8. The van der Waals surface area contributed by atoms with E-state index in [-0.39, 0.29) is 18.0 Å². The van der Waals surface area contributed by atoms with Crippen molar-refractivity contribution < 1.29 is 4.79 Å². The first-order chi connectivity index (χ1) is 7.52. The van der Waals surface area contributed by atoms with E-state index in [1.807, 2.05) is 13.8 Å². The van der Waals surface area contributed by atoms with Crippen molar-refractivity contribution >= 4 is 5.91 Å². The van der Waals surface area contributed by atoms with Crippen molar-refractivity contribution in [1.29, 1.82) is 0 Å². The molecule has 0 bridgehead atoms. The zero-order valence-corrected chi connectivity index (χ0v) is 10.7. The minimum absolute atomic E-state index is 0.223. The molecular formula is C12H25N3O. The van der Waals surface area contributed by atoms with Crippen LogP contribution in [-0.4, -0.2) is 42.5 Å². The molecule has 4 nitrogen and oxygen atoms in total. The van der Waals surface area contributed by atoms with Gasteiger partial charge in [-0.05, 0) is 25.3 Å². The van der Waals surface area contributed by atoms with Gasteiger partial charge in [0, 0.05) is 19.1 Å². The van der Waals surface area contributed by atoms with Crippen molar-refractivity contribution in [1.82, 2.24) is 10.2 Å². The van der Waals surface area contributed by atoms with Crippen molar-refractivity contribution in [2.24, 2.45) is 11.7 Å². The Hall–Kier alpha value is -0.610. The Bertz CT molecular complexity index is 226. The number of likely N-dealkylation sites (N-methyl/N-ethyl adjacent to an activating group) is 1. The third kappa shape index (κ3) is 4.94. The standard InChI is InChI=1S/C12H25N3O/c1-4-15(7-10-5-6-10)8-11(12(13)16)14-9(2)3/h9-11,14H,4-8H2,1-3H3,(H2,13,16). The predicted molar refractivity (Wildman–Crippen MR) is 66.1 cm³/mol. The van der Waals surface area contributed by atoms with Gasteiger partial charge in [0.25, 0.3) is 0 Å². The van der Waals surface area contributed by atoms with Crippen LogP contribution in [0, 0.1) is 5.92 Å². The number of hydrogen-bond acceptors (Lipinski definition) is 3. The second-order valence-corrected chi connectivity index (χ2v) is 5.07. The molecule has 0 aliphatic heterocycles. The highest BCUT2D eigenvalue weighted by Gasteiger charge is 2.26. The topological polar surface area (TPSA) is 58.4 Å². The van der Waals surface area contributed by atoms with Crippen LogP contribution in [0.15, 0.2) is 0 Å². The smallest absolute Gasteiger partial charge is 0.235 e. The monoisotopic (exact) mass is 227 g/mol. The van der Waals surface area contributed by atoms with Gasteiger partial charge >= 0.3 is 0 Å². The van der Waals surface area contributed by atoms with Gasteiger partial charge in [-0.1, -0.05) is 20.8 Å². The Morgan fingerprint density at radius 2 is 2.12 bits per heavy atom. The summed E-state index contributed by atoms with van der Waals surface area (Å²) in [7, 11) is 0. The van der Waals surface area contributed by atoms with Crippen molar-refractivity contribution in [2.75, 3.05) is 19.6 Å². The van der Waals surface area contributed by atoms with Gasteiger partial charge in [-0.25, -0.2) is 0 Å². The normalized spacial score (nSPS) is 18.1. The highest BCUT2D eigenvalue weighted by atomic mass is 16.1. The van der Waals surface area contributed by atoms with Gasteiger partial charge in [0.1, 0.15) is 0 Å². The largest absolute Gasteiger partial charge is 0.368 e. The first-order valence-corrected chi connectivity index (χ1v) is 6.30. The predicted octanol–water partition coefficient (Wildman–Crippen LogP) is 0.570. The third-order valence-electron chi connectivity index (χ3n) is 2.98. The van der Waals surface area contributed by atoms with E-state index in [1.54, 1.807) is 0 Å². The maximum absolute atomic E-state index is 11.3. The Morgan fingerprint density at radius 1 is 1.50 bits per heavy atom. The number of primary amides is 1. The van der Waals surface area contributed by atoms with E-state index in [1.165, 1.54) is 12.8 Å². The maximum Gasteiger partial charge on any atom is 0.235 e. The second-order valence-electron chi connectivity index (χ2n) is 5.07. The molecule has 0 saturated heterocycles. The Labute approximate surface area is 98.6 Å². The summed E-state index contributed by atoms with van der Waals surface area (Å²) in [4.78, 5) is 13.6. The lowest BCUT2D eigenvalue weighted by Gasteiger charge is -2.26. The molecule has 1 aliphatic rings. The molecular weight excluding hydrogens is 202 g/mol. The lowest BCUT2D eigenvalue weighted by Crippen LogP contribution is -2.51. The average molecular weight is 227 g/mol. The zero-order valence-electron chi connectivity index (χ0n) is 10.7. The van der Waals surface area contributed by atoms with Crippen LogP contribution >= 0.6 is 0 Å². The van der Waals surface area contributed by atoms with E-state index >= 15 is 0 Å². The minimum Gasteiger partial charge on any atom is -0.368 e. The minimum atomic E-state index is -0.247. The summed E-state index contributed by atoms with van der Waals surface area (Å²) < 4.78 is 0. The van der Waals surface area contributed by atoms with E-state index in [4.69, 9.17) is 5.73 Å². The summed E-state index contributed by atoms with van der Waals surface area (Å²) in [6, 6.07) is 0.0656. The first-order valence-electron chi connectivity index (χ1n) is 6.30. The quantitative estimate of drug-likeness (QED) is 0.637. The number of nitrogens with zero attached hydrogens (tertiary/aromatic N) is 1. The van der Waals surface area contributed by atoms with Gasteiger partial charge < -0.3 is 16.0 Å². The SMILES string of the molecule is CCN(CC1CC1)CC(NC(C)C)C(N)=O. The molecule has 1 atom stereocenters. The second kappa shape index (κ2) is 6.21. The molecule has 1 fully saturated rings. The number of nitrogens with one attached hydrogen (secondary N) is 1. The Morgan fingerprint density at radius 3 is 2.50 bits per heavy atom. The van der Waals surface area contributed by atoms with Crippen LogP contribution in [0.25, 0.3) is 0 Å². The molecule has 0 aromatic heterocycles. The fraction of sp³-hybridized carbons (Fsp3) is 0.917.